The van der Waals surface area contributed by atoms with E-state index in [4.69, 9.17) is 14.2 Å². The highest BCUT2D eigenvalue weighted by Crippen LogP contribution is 2.37. The number of ether oxygens (including phenoxy) is 3. The second kappa shape index (κ2) is 11.7. The van der Waals surface area contributed by atoms with Crippen molar-refractivity contribution in [3.8, 4) is 5.75 Å². The summed E-state index contributed by atoms with van der Waals surface area (Å²) in [5.74, 6) is 1.08. The van der Waals surface area contributed by atoms with Gasteiger partial charge >= 0.3 is 5.97 Å². The first-order valence-corrected chi connectivity index (χ1v) is 12.8. The molecule has 1 amide bonds. The van der Waals surface area contributed by atoms with E-state index in [1.807, 2.05) is 43.3 Å². The molecule has 0 aromatic heterocycles. The second-order valence-electron chi connectivity index (χ2n) is 9.85. The van der Waals surface area contributed by atoms with Gasteiger partial charge in [0.25, 0.3) is 0 Å². The Morgan fingerprint density at radius 2 is 1.77 bits per heavy atom. The van der Waals surface area contributed by atoms with Gasteiger partial charge < -0.3 is 19.5 Å². The minimum Gasteiger partial charge on any atom is -0.493 e. The van der Waals surface area contributed by atoms with E-state index in [0.29, 0.717) is 37.5 Å². The summed E-state index contributed by atoms with van der Waals surface area (Å²) in [5, 5.41) is 3.22. The summed E-state index contributed by atoms with van der Waals surface area (Å²) >= 11 is 0. The van der Waals surface area contributed by atoms with Gasteiger partial charge in [-0.1, -0.05) is 43.5 Å². The molecule has 6 heteroatoms. The van der Waals surface area contributed by atoms with Gasteiger partial charge in [-0.25, -0.2) is 4.79 Å². The largest absolute Gasteiger partial charge is 0.493 e. The van der Waals surface area contributed by atoms with Crippen LogP contribution in [0.1, 0.15) is 79.4 Å². The van der Waals surface area contributed by atoms with Gasteiger partial charge in [-0.3, -0.25) is 4.79 Å². The average molecular weight is 480 g/mol. The van der Waals surface area contributed by atoms with E-state index in [-0.39, 0.29) is 17.9 Å². The van der Waals surface area contributed by atoms with Crippen LogP contribution in [0.15, 0.2) is 48.5 Å². The topological polar surface area (TPSA) is 73.9 Å². The highest BCUT2D eigenvalue weighted by atomic mass is 16.5. The first kappa shape index (κ1) is 25.2. The van der Waals surface area contributed by atoms with Gasteiger partial charge in [-0.05, 0) is 73.9 Å². The van der Waals surface area contributed by atoms with Crippen molar-refractivity contribution >= 4 is 11.9 Å². The van der Waals surface area contributed by atoms with E-state index in [9.17, 15) is 9.59 Å². The third-order valence-corrected chi connectivity index (χ3v) is 7.56. The first-order chi connectivity index (χ1) is 17.0. The number of nitrogens with one attached hydrogen (secondary N) is 1. The highest BCUT2D eigenvalue weighted by Gasteiger charge is 2.42. The fourth-order valence-electron chi connectivity index (χ4n) is 5.26. The zero-order chi connectivity index (χ0) is 24.7. The molecule has 2 aliphatic rings. The molecule has 1 N–H and O–H groups in total. The molecule has 0 spiro atoms. The van der Waals surface area contributed by atoms with Gasteiger partial charge in [0, 0.05) is 13.2 Å². The molecule has 0 unspecified atom stereocenters. The van der Waals surface area contributed by atoms with Crippen LogP contribution in [0.4, 0.5) is 0 Å². The lowest BCUT2D eigenvalue weighted by Crippen LogP contribution is -2.48. The molecule has 1 aliphatic carbocycles. The predicted molar refractivity (Wildman–Crippen MR) is 135 cm³/mol. The number of carbonyl (C=O) groups excluding carboxylic acids is 2. The maximum absolute atomic E-state index is 13.8. The molecule has 1 saturated heterocycles. The first-order valence-electron chi connectivity index (χ1n) is 12.8. The van der Waals surface area contributed by atoms with Crippen molar-refractivity contribution in [3.05, 3.63) is 65.2 Å². The zero-order valence-electron chi connectivity index (χ0n) is 20.9. The quantitative estimate of drug-likeness (QED) is 0.516. The van der Waals surface area contributed by atoms with Crippen molar-refractivity contribution in [2.75, 3.05) is 26.9 Å². The minimum atomic E-state index is -0.664. The van der Waals surface area contributed by atoms with Gasteiger partial charge in [0.05, 0.1) is 30.7 Å². The Kier molecular flexibility index (Phi) is 8.45. The number of methoxy groups -OCH3 is 1. The second-order valence-corrected chi connectivity index (χ2v) is 9.85. The fraction of sp³-hybridized carbons (Fsp3) is 0.517. The lowest BCUT2D eigenvalue weighted by molar-refractivity contribution is -0.131. The summed E-state index contributed by atoms with van der Waals surface area (Å²) in [6.45, 7) is 3.79. The molecule has 1 aliphatic heterocycles. The van der Waals surface area contributed by atoms with E-state index >= 15 is 0 Å². The van der Waals surface area contributed by atoms with E-state index in [1.54, 1.807) is 12.1 Å². The Morgan fingerprint density at radius 3 is 2.46 bits per heavy atom. The molecule has 35 heavy (non-hydrogen) atoms. The normalized spacial score (nSPS) is 18.9. The smallest absolute Gasteiger partial charge is 0.337 e. The highest BCUT2D eigenvalue weighted by molar-refractivity contribution is 5.90. The van der Waals surface area contributed by atoms with Gasteiger partial charge in [-0.2, -0.15) is 0 Å². The van der Waals surface area contributed by atoms with Gasteiger partial charge in [-0.15, -0.1) is 0 Å². The van der Waals surface area contributed by atoms with E-state index in [1.165, 1.54) is 39.2 Å². The maximum Gasteiger partial charge on any atom is 0.337 e. The number of hydrogen-bond donors (Lipinski definition) is 1. The molecule has 4 rings (SSSR count). The van der Waals surface area contributed by atoms with Crippen molar-refractivity contribution in [3.63, 3.8) is 0 Å². The lowest BCUT2D eigenvalue weighted by atomic mass is 9.73. The molecule has 2 fully saturated rings. The molecule has 1 saturated carbocycles. The van der Waals surface area contributed by atoms with Crippen LogP contribution >= 0.6 is 0 Å². The standard InChI is InChI=1S/C29H37NO5/c1-21(23-11-13-24(14-12-23)27(31)33-2)30-28(32)29(15-17-34-18-16-29)25-9-6-10-26(19-25)35-20-22-7-4-3-5-8-22/h6,9-14,19,21-22H,3-5,7-8,15-18,20H2,1-2H3,(H,30,32)/t21-/m0/s1. The summed E-state index contributed by atoms with van der Waals surface area (Å²) in [4.78, 5) is 25.5. The Balaban J connectivity index is 1.48. The third kappa shape index (κ3) is 6.04. The van der Waals surface area contributed by atoms with Gasteiger partial charge in [0.1, 0.15) is 5.75 Å². The van der Waals surface area contributed by atoms with E-state index in [2.05, 4.69) is 5.32 Å². The molecule has 1 atom stereocenters. The van der Waals surface area contributed by atoms with Crippen molar-refractivity contribution < 1.29 is 23.8 Å². The number of esters is 1. The lowest BCUT2D eigenvalue weighted by Gasteiger charge is -2.37. The molecule has 0 radical (unpaired) electrons. The summed E-state index contributed by atoms with van der Waals surface area (Å²) in [7, 11) is 1.36. The van der Waals surface area contributed by atoms with Crippen LogP contribution < -0.4 is 10.1 Å². The van der Waals surface area contributed by atoms with Crippen LogP contribution in [0.2, 0.25) is 0 Å². The molecular formula is C29H37NO5. The Bertz CT molecular complexity index is 990. The van der Waals surface area contributed by atoms with Crippen LogP contribution in [0.3, 0.4) is 0 Å². The number of rotatable bonds is 8. The Morgan fingerprint density at radius 1 is 1.06 bits per heavy atom. The number of benzene rings is 2. The number of hydrogen-bond acceptors (Lipinski definition) is 5. The third-order valence-electron chi connectivity index (χ3n) is 7.56. The number of carbonyl (C=O) groups is 2. The summed E-state index contributed by atoms with van der Waals surface area (Å²) in [6.07, 6.45) is 7.64. The SMILES string of the molecule is COC(=O)c1ccc([C@H](C)NC(=O)C2(c3cccc(OCC4CCCCC4)c3)CCOCC2)cc1. The van der Waals surface area contributed by atoms with Crippen molar-refractivity contribution in [1.82, 2.24) is 5.32 Å². The molecule has 0 bridgehead atoms. The molecule has 1 heterocycles. The van der Waals surface area contributed by atoms with Crippen LogP contribution in [0.5, 0.6) is 5.75 Å². The van der Waals surface area contributed by atoms with Crippen molar-refractivity contribution in [2.45, 2.75) is 63.3 Å². The maximum atomic E-state index is 13.8. The van der Waals surface area contributed by atoms with Crippen molar-refractivity contribution in [2.24, 2.45) is 5.92 Å². The summed E-state index contributed by atoms with van der Waals surface area (Å²) in [5.41, 5.74) is 1.73. The molecule has 2 aromatic rings. The number of amides is 1. The van der Waals surface area contributed by atoms with E-state index < -0.39 is 5.41 Å². The van der Waals surface area contributed by atoms with Crippen LogP contribution in [-0.4, -0.2) is 38.8 Å². The van der Waals surface area contributed by atoms with Crippen LogP contribution in [0.25, 0.3) is 0 Å². The van der Waals surface area contributed by atoms with Crippen molar-refractivity contribution in [1.29, 1.82) is 0 Å². The minimum absolute atomic E-state index is 0.00484. The molecule has 188 valence electrons. The van der Waals surface area contributed by atoms with E-state index in [0.717, 1.165) is 23.5 Å². The monoisotopic (exact) mass is 479 g/mol. The van der Waals surface area contributed by atoms with Gasteiger partial charge in [0.15, 0.2) is 0 Å². The Labute approximate surface area is 208 Å². The molecular weight excluding hydrogens is 442 g/mol. The summed E-state index contributed by atoms with van der Waals surface area (Å²) < 4.78 is 16.6. The van der Waals surface area contributed by atoms with Gasteiger partial charge in [0.2, 0.25) is 5.91 Å². The molecule has 6 nitrogen and oxygen atoms in total. The van der Waals surface area contributed by atoms with Crippen LogP contribution in [0, 0.1) is 5.92 Å². The molecule has 2 aromatic carbocycles. The summed E-state index contributed by atoms with van der Waals surface area (Å²) in [6, 6.07) is 15.0. The zero-order valence-corrected chi connectivity index (χ0v) is 20.9. The average Bonchev–Trinajstić information content (AvgIpc) is 2.92. The predicted octanol–water partition coefficient (Wildman–Crippen LogP) is 5.36. The van der Waals surface area contributed by atoms with Crippen LogP contribution in [-0.2, 0) is 19.7 Å². The fourth-order valence-corrected chi connectivity index (χ4v) is 5.26. The Hall–Kier alpha value is -2.86.